The maximum atomic E-state index is 12.9. The molecule has 5 rings (SSSR count). The Morgan fingerprint density at radius 1 is 1.13 bits per heavy atom. The first-order valence-corrected chi connectivity index (χ1v) is 11.8. The maximum Gasteiger partial charge on any atom is 0.263 e. The van der Waals surface area contributed by atoms with Gasteiger partial charge >= 0.3 is 0 Å². The van der Waals surface area contributed by atoms with Gasteiger partial charge in [0.25, 0.3) is 10.0 Å². The molecule has 3 heterocycles. The van der Waals surface area contributed by atoms with E-state index in [0.29, 0.717) is 16.5 Å². The summed E-state index contributed by atoms with van der Waals surface area (Å²) in [4.78, 5) is 2.74. The summed E-state index contributed by atoms with van der Waals surface area (Å²) in [5.41, 5.74) is 3.40. The largest absolute Gasteiger partial charge is 0.354 e. The van der Waals surface area contributed by atoms with Gasteiger partial charge in [0.05, 0.1) is 10.3 Å². The van der Waals surface area contributed by atoms with Gasteiger partial charge in [-0.05, 0) is 67.6 Å². The van der Waals surface area contributed by atoms with Crippen LogP contribution in [0.3, 0.4) is 0 Å². The van der Waals surface area contributed by atoms with Crippen molar-refractivity contribution in [1.82, 2.24) is 15.4 Å². The maximum absolute atomic E-state index is 12.9. The van der Waals surface area contributed by atoms with Crippen LogP contribution in [0.4, 0.5) is 5.82 Å². The molecule has 2 aliphatic heterocycles. The van der Waals surface area contributed by atoms with Gasteiger partial charge in [-0.2, -0.15) is 0 Å². The highest BCUT2D eigenvalue weighted by atomic mass is 32.2. The fraction of sp³-hybridized carbons (Fsp3) is 0.409. The zero-order chi connectivity index (χ0) is 20.9. The molecule has 0 aliphatic carbocycles. The predicted molar refractivity (Wildman–Crippen MR) is 116 cm³/mol. The van der Waals surface area contributed by atoms with Gasteiger partial charge in [-0.3, -0.25) is 9.62 Å². The lowest BCUT2D eigenvalue weighted by atomic mass is 10.0. The molecule has 0 amide bonds. The smallest absolute Gasteiger partial charge is 0.263 e. The highest BCUT2D eigenvalue weighted by Gasteiger charge is 2.35. The van der Waals surface area contributed by atoms with E-state index in [-0.39, 0.29) is 10.7 Å². The second kappa shape index (κ2) is 7.37. The van der Waals surface area contributed by atoms with Crippen LogP contribution in [0.1, 0.15) is 16.7 Å². The molecule has 2 aliphatic rings. The Hall–Kier alpha value is -2.42. The lowest BCUT2D eigenvalue weighted by Crippen LogP contribution is -2.25. The van der Waals surface area contributed by atoms with E-state index in [1.807, 2.05) is 19.1 Å². The molecule has 158 valence electrons. The average Bonchev–Trinajstić information content (AvgIpc) is 3.37. The van der Waals surface area contributed by atoms with Crippen LogP contribution in [0.5, 0.6) is 0 Å². The molecular weight excluding hydrogens is 400 g/mol. The minimum atomic E-state index is -3.75. The lowest BCUT2D eigenvalue weighted by Gasteiger charge is -2.17. The number of rotatable bonds is 5. The summed E-state index contributed by atoms with van der Waals surface area (Å²) in [6.45, 7) is 9.08. The summed E-state index contributed by atoms with van der Waals surface area (Å²) in [6, 6.07) is 11.0. The van der Waals surface area contributed by atoms with Crippen molar-refractivity contribution in [1.29, 1.82) is 0 Å². The van der Waals surface area contributed by atoms with Crippen molar-refractivity contribution in [2.24, 2.45) is 11.8 Å². The number of fused-ring (bicyclic) bond motifs is 2. The molecule has 1 aromatic heterocycles. The van der Waals surface area contributed by atoms with Crippen LogP contribution < -0.4 is 10.0 Å². The molecule has 2 aromatic carbocycles. The Morgan fingerprint density at radius 3 is 2.60 bits per heavy atom. The van der Waals surface area contributed by atoms with E-state index in [1.165, 1.54) is 0 Å². The number of aryl methyl sites for hydroxylation is 2. The Labute approximate surface area is 176 Å². The van der Waals surface area contributed by atoms with Crippen LogP contribution in [0, 0.1) is 25.7 Å². The minimum absolute atomic E-state index is 0.235. The van der Waals surface area contributed by atoms with Crippen molar-refractivity contribution < 1.29 is 12.9 Å². The van der Waals surface area contributed by atoms with Gasteiger partial charge in [-0.1, -0.05) is 29.4 Å². The second-order valence-electron chi connectivity index (χ2n) is 8.56. The fourth-order valence-electron chi connectivity index (χ4n) is 4.88. The van der Waals surface area contributed by atoms with Crippen LogP contribution >= 0.6 is 0 Å². The number of sulfonamides is 1. The number of hydrogen-bond acceptors (Lipinski definition) is 6. The first-order chi connectivity index (χ1) is 14.4. The predicted octanol–water partition coefficient (Wildman–Crippen LogP) is 2.90. The third-order valence-corrected chi connectivity index (χ3v) is 7.82. The van der Waals surface area contributed by atoms with E-state index in [1.54, 1.807) is 25.1 Å². The van der Waals surface area contributed by atoms with E-state index in [9.17, 15) is 8.42 Å². The van der Waals surface area contributed by atoms with E-state index < -0.39 is 10.0 Å². The van der Waals surface area contributed by atoms with Crippen molar-refractivity contribution in [2.75, 3.05) is 30.9 Å². The summed E-state index contributed by atoms with van der Waals surface area (Å²) < 4.78 is 33.9. The van der Waals surface area contributed by atoms with Crippen LogP contribution in [0.2, 0.25) is 0 Å². The Bertz CT molecular complexity index is 1190. The van der Waals surface area contributed by atoms with E-state index in [2.05, 4.69) is 26.2 Å². The van der Waals surface area contributed by atoms with Gasteiger partial charge in [-0.15, -0.1) is 0 Å². The average molecular weight is 427 g/mol. The molecule has 7 nitrogen and oxygen atoms in total. The summed E-state index contributed by atoms with van der Waals surface area (Å²) in [6.07, 6.45) is 0. The first-order valence-electron chi connectivity index (χ1n) is 10.3. The molecule has 3 aromatic rings. The molecule has 2 N–H and O–H groups in total. The van der Waals surface area contributed by atoms with Crippen molar-refractivity contribution >= 4 is 26.8 Å². The van der Waals surface area contributed by atoms with Gasteiger partial charge in [0.15, 0.2) is 11.4 Å². The molecule has 2 fully saturated rings. The standard InChI is InChI=1S/C22H26N4O3S/c1-14-5-3-4-6-20(14)30(27,28)25-22-21-15(2)7-16(8-19(21)29-24-22)11-26-12-17-9-23-10-18(17)13-26/h3-8,17-18,23H,9-13H2,1-2H3,(H,24,25)/t17-,18+. The quantitative estimate of drug-likeness (QED) is 0.652. The van der Waals surface area contributed by atoms with Crippen molar-refractivity contribution in [3.8, 4) is 0 Å². The van der Waals surface area contributed by atoms with Crippen molar-refractivity contribution in [3.63, 3.8) is 0 Å². The summed E-state index contributed by atoms with van der Waals surface area (Å²) in [7, 11) is -3.75. The number of nitrogens with zero attached hydrogens (tertiary/aromatic N) is 2. The fourth-order valence-corrected chi connectivity index (χ4v) is 6.14. The highest BCUT2D eigenvalue weighted by molar-refractivity contribution is 7.92. The van der Waals surface area contributed by atoms with Crippen LogP contribution in [0.15, 0.2) is 45.8 Å². The normalized spacial score (nSPS) is 21.9. The number of anilines is 1. The number of likely N-dealkylation sites (tertiary alicyclic amines) is 1. The molecule has 0 bridgehead atoms. The monoisotopic (exact) mass is 426 g/mol. The zero-order valence-electron chi connectivity index (χ0n) is 17.2. The van der Waals surface area contributed by atoms with E-state index >= 15 is 0 Å². The van der Waals surface area contributed by atoms with Gasteiger partial charge in [0.2, 0.25) is 0 Å². The summed E-state index contributed by atoms with van der Waals surface area (Å²) in [5.74, 6) is 1.74. The van der Waals surface area contributed by atoms with Gasteiger partial charge in [-0.25, -0.2) is 8.42 Å². The Balaban J connectivity index is 1.40. The lowest BCUT2D eigenvalue weighted by molar-refractivity contribution is 0.305. The number of nitrogens with one attached hydrogen (secondary N) is 2. The third-order valence-electron chi connectivity index (χ3n) is 6.32. The topological polar surface area (TPSA) is 87.5 Å². The SMILES string of the molecule is Cc1ccccc1S(=O)(=O)Nc1noc2cc(CN3C[C@H]4CNC[C@H]4C3)cc(C)c12. The number of hydrogen-bond donors (Lipinski definition) is 2. The third kappa shape index (κ3) is 3.49. The van der Waals surface area contributed by atoms with Crippen LogP contribution in [-0.4, -0.2) is 44.7 Å². The molecule has 2 saturated heterocycles. The van der Waals surface area contributed by atoms with Gasteiger partial charge in [0.1, 0.15) is 0 Å². The van der Waals surface area contributed by atoms with Crippen molar-refractivity contribution in [3.05, 3.63) is 53.1 Å². The van der Waals surface area contributed by atoms with E-state index in [4.69, 9.17) is 4.52 Å². The van der Waals surface area contributed by atoms with E-state index in [0.717, 1.165) is 55.7 Å². The summed E-state index contributed by atoms with van der Waals surface area (Å²) >= 11 is 0. The molecule has 30 heavy (non-hydrogen) atoms. The van der Waals surface area contributed by atoms with Crippen LogP contribution in [0.25, 0.3) is 11.0 Å². The zero-order valence-corrected chi connectivity index (χ0v) is 18.0. The molecule has 0 spiro atoms. The summed E-state index contributed by atoms with van der Waals surface area (Å²) in [5, 5.41) is 8.21. The van der Waals surface area contributed by atoms with Crippen LogP contribution in [-0.2, 0) is 16.6 Å². The molecule has 8 heteroatoms. The van der Waals surface area contributed by atoms with Gasteiger partial charge < -0.3 is 9.84 Å². The highest BCUT2D eigenvalue weighted by Crippen LogP contribution is 2.32. The Morgan fingerprint density at radius 2 is 1.87 bits per heavy atom. The molecule has 0 saturated carbocycles. The molecular formula is C22H26N4O3S. The molecule has 0 radical (unpaired) electrons. The molecule has 0 unspecified atom stereocenters. The first kappa shape index (κ1) is 19.5. The Kier molecular flexibility index (Phi) is 4.80. The van der Waals surface area contributed by atoms with Crippen molar-refractivity contribution in [2.45, 2.75) is 25.3 Å². The number of aromatic nitrogens is 1. The number of benzene rings is 2. The molecule has 2 atom stereocenters. The minimum Gasteiger partial charge on any atom is -0.354 e. The second-order valence-corrected chi connectivity index (χ2v) is 10.2. The van der Waals surface area contributed by atoms with Gasteiger partial charge in [0, 0.05) is 19.6 Å².